The maximum Gasteiger partial charge on any atom is 0.248 e. The van der Waals surface area contributed by atoms with Crippen molar-refractivity contribution in [2.24, 2.45) is 5.92 Å². The molecule has 3 aromatic rings. The monoisotopic (exact) mass is 517 g/mol. The molecule has 0 radical (unpaired) electrons. The first-order valence-corrected chi connectivity index (χ1v) is 12.9. The van der Waals surface area contributed by atoms with E-state index in [0.29, 0.717) is 12.8 Å². The number of nitrogens with zero attached hydrogens (tertiary/aromatic N) is 2. The molecular formula is C25H25ClFN3O4S. The lowest BCUT2D eigenvalue weighted by atomic mass is 9.98. The van der Waals surface area contributed by atoms with Crippen LogP contribution < -0.4 is 5.32 Å². The van der Waals surface area contributed by atoms with Gasteiger partial charge in [0.1, 0.15) is 11.5 Å². The Balaban J connectivity index is 1.53. The largest absolute Gasteiger partial charge is 0.355 e. The molecule has 1 saturated heterocycles. The molecule has 184 valence electrons. The highest BCUT2D eigenvalue weighted by atomic mass is 35.5. The van der Waals surface area contributed by atoms with Crippen LogP contribution in [0.2, 0.25) is 5.02 Å². The van der Waals surface area contributed by atoms with Crippen molar-refractivity contribution in [3.05, 3.63) is 75.9 Å². The predicted molar refractivity (Wildman–Crippen MR) is 133 cm³/mol. The number of anilines is 1. The molecule has 0 saturated carbocycles. The molecular weight excluding hydrogens is 493 g/mol. The van der Waals surface area contributed by atoms with Crippen molar-refractivity contribution < 1.29 is 22.1 Å². The molecule has 1 aromatic heterocycles. The smallest absolute Gasteiger partial charge is 0.248 e. The van der Waals surface area contributed by atoms with Gasteiger partial charge in [-0.2, -0.15) is 4.31 Å². The zero-order valence-corrected chi connectivity index (χ0v) is 20.9. The van der Waals surface area contributed by atoms with Gasteiger partial charge in [0, 0.05) is 13.1 Å². The summed E-state index contributed by atoms with van der Waals surface area (Å²) < 4.78 is 47.0. The number of carbonyl (C=O) groups excluding carboxylic acids is 1. The van der Waals surface area contributed by atoms with Crippen LogP contribution in [0.15, 0.2) is 51.9 Å². The third-order valence-electron chi connectivity index (χ3n) is 5.88. The van der Waals surface area contributed by atoms with Gasteiger partial charge in [0.15, 0.2) is 10.7 Å². The van der Waals surface area contributed by atoms with E-state index >= 15 is 0 Å². The molecule has 7 nitrogen and oxygen atoms in total. The number of halogens is 2. The van der Waals surface area contributed by atoms with Crippen molar-refractivity contribution in [2.75, 3.05) is 18.4 Å². The van der Waals surface area contributed by atoms with Crippen LogP contribution in [0.5, 0.6) is 0 Å². The Morgan fingerprint density at radius 3 is 2.66 bits per heavy atom. The van der Waals surface area contributed by atoms with E-state index in [1.165, 1.54) is 16.4 Å². The highest BCUT2D eigenvalue weighted by Gasteiger charge is 2.37. The minimum Gasteiger partial charge on any atom is -0.355 e. The van der Waals surface area contributed by atoms with E-state index in [0.717, 1.165) is 17.2 Å². The fourth-order valence-corrected chi connectivity index (χ4v) is 5.97. The van der Waals surface area contributed by atoms with Gasteiger partial charge >= 0.3 is 0 Å². The molecule has 2 heterocycles. The molecule has 0 bridgehead atoms. The number of aromatic nitrogens is 1. The highest BCUT2D eigenvalue weighted by molar-refractivity contribution is 7.89. The van der Waals surface area contributed by atoms with Gasteiger partial charge < -0.3 is 9.84 Å². The molecule has 1 aliphatic heterocycles. The highest BCUT2D eigenvalue weighted by Crippen LogP contribution is 2.30. The van der Waals surface area contributed by atoms with Gasteiger partial charge in [-0.25, -0.2) is 12.8 Å². The lowest BCUT2D eigenvalue weighted by Gasteiger charge is -2.31. The lowest BCUT2D eigenvalue weighted by molar-refractivity contribution is -0.120. The van der Waals surface area contributed by atoms with Gasteiger partial charge in [-0.05, 0) is 56.5 Å². The van der Waals surface area contributed by atoms with Gasteiger partial charge in [-0.15, -0.1) is 0 Å². The van der Waals surface area contributed by atoms with Crippen LogP contribution in [0, 0.1) is 25.6 Å². The van der Waals surface area contributed by atoms with E-state index in [1.807, 2.05) is 31.2 Å². The average Bonchev–Trinajstić information content (AvgIpc) is 3.21. The Morgan fingerprint density at radius 1 is 1.20 bits per heavy atom. The third-order valence-corrected chi connectivity index (χ3v) is 8.22. The van der Waals surface area contributed by atoms with Gasteiger partial charge in [0.25, 0.3) is 0 Å². The fraction of sp³-hybridized carbons (Fsp3) is 0.280. The topological polar surface area (TPSA) is 92.5 Å². The lowest BCUT2D eigenvalue weighted by Crippen LogP contribution is -2.43. The van der Waals surface area contributed by atoms with Crippen LogP contribution in [0.3, 0.4) is 0 Å². The van der Waals surface area contributed by atoms with Crippen LogP contribution >= 0.6 is 11.6 Å². The predicted octanol–water partition coefficient (Wildman–Crippen LogP) is 5.29. The van der Waals surface area contributed by atoms with Gasteiger partial charge in [-0.3, -0.25) is 4.79 Å². The zero-order chi connectivity index (χ0) is 25.2. The molecule has 1 fully saturated rings. The summed E-state index contributed by atoms with van der Waals surface area (Å²) in [6, 6.07) is 11.4. The second-order valence-electron chi connectivity index (χ2n) is 8.52. The second-order valence-corrected chi connectivity index (χ2v) is 10.8. The number of benzene rings is 2. The van der Waals surface area contributed by atoms with Crippen molar-refractivity contribution in [3.63, 3.8) is 0 Å². The molecule has 1 aliphatic rings. The number of carbonyl (C=O) groups is 1. The maximum absolute atomic E-state index is 13.6. The van der Waals surface area contributed by atoms with Gasteiger partial charge in [-0.1, -0.05) is 52.7 Å². The van der Waals surface area contributed by atoms with Gasteiger partial charge in [0.05, 0.1) is 16.6 Å². The van der Waals surface area contributed by atoms with Crippen molar-refractivity contribution in [2.45, 2.75) is 31.6 Å². The summed E-state index contributed by atoms with van der Waals surface area (Å²) in [5.74, 6) is -1.35. The summed E-state index contributed by atoms with van der Waals surface area (Å²) in [5, 5.41) is 6.63. The number of nitrogens with one attached hydrogen (secondary N) is 1. The molecule has 4 rings (SSSR count). The summed E-state index contributed by atoms with van der Waals surface area (Å²) in [6.07, 6.45) is 4.37. The number of aryl methyl sites for hydroxylation is 2. The van der Waals surface area contributed by atoms with Crippen LogP contribution in [-0.4, -0.2) is 36.9 Å². The number of rotatable bonds is 6. The summed E-state index contributed by atoms with van der Waals surface area (Å²) in [5.41, 5.74) is 2.53. The van der Waals surface area contributed by atoms with Gasteiger partial charge in [0.2, 0.25) is 15.9 Å². The zero-order valence-electron chi connectivity index (χ0n) is 19.3. The molecule has 0 aliphatic carbocycles. The number of hydrogen-bond acceptors (Lipinski definition) is 5. The molecule has 2 aromatic carbocycles. The van der Waals surface area contributed by atoms with Crippen molar-refractivity contribution in [1.29, 1.82) is 0 Å². The maximum atomic E-state index is 13.6. The third kappa shape index (κ3) is 5.63. The average molecular weight is 518 g/mol. The summed E-state index contributed by atoms with van der Waals surface area (Å²) >= 11 is 6.01. The molecule has 1 unspecified atom stereocenters. The van der Waals surface area contributed by atoms with Crippen LogP contribution in [0.4, 0.5) is 10.1 Å². The molecule has 10 heteroatoms. The van der Waals surface area contributed by atoms with E-state index in [1.54, 1.807) is 19.1 Å². The number of hydrogen-bond donors (Lipinski definition) is 1. The van der Waals surface area contributed by atoms with Crippen molar-refractivity contribution in [3.8, 4) is 0 Å². The Morgan fingerprint density at radius 2 is 1.94 bits per heavy atom. The summed E-state index contributed by atoms with van der Waals surface area (Å²) in [6.45, 7) is 3.83. The first-order valence-electron chi connectivity index (χ1n) is 11.1. The van der Waals surface area contributed by atoms with E-state index < -0.39 is 21.8 Å². The van der Waals surface area contributed by atoms with Crippen molar-refractivity contribution in [1.82, 2.24) is 9.46 Å². The first-order chi connectivity index (χ1) is 16.6. The molecule has 35 heavy (non-hydrogen) atoms. The summed E-state index contributed by atoms with van der Waals surface area (Å²) in [7, 11) is -3.97. The quantitative estimate of drug-likeness (QED) is 0.479. The standard InChI is InChI=1S/C25H25ClFN3O4S/c1-16-5-7-18(8-6-16)9-12-23-24(17(2)29-34-23)35(32,33)30-13-3-4-19(15-30)25(31)28-22-11-10-20(27)14-21(22)26/h5-12,14,19H,3-4,13,15H2,1-2H3,(H,28,31)/b12-9+. The minimum atomic E-state index is -3.97. The Hall–Kier alpha value is -3.01. The normalized spacial score (nSPS) is 17.1. The number of piperidine rings is 1. The second kappa shape index (κ2) is 10.3. The SMILES string of the molecule is Cc1ccc(/C=C/c2onc(C)c2S(=O)(=O)N2CCCC(C(=O)Nc3ccc(F)cc3Cl)C2)cc1. The van der Waals surface area contributed by atoms with E-state index in [2.05, 4.69) is 10.5 Å². The van der Waals surface area contributed by atoms with Crippen molar-refractivity contribution >= 4 is 45.4 Å². The Labute approximate surface area is 208 Å². The van der Waals surface area contributed by atoms with E-state index in [-0.39, 0.29) is 46.1 Å². The molecule has 0 spiro atoms. The number of sulfonamides is 1. The number of amides is 1. The van der Waals surface area contributed by atoms with Crippen LogP contribution in [0.1, 0.15) is 35.4 Å². The summed E-state index contributed by atoms with van der Waals surface area (Å²) in [4.78, 5) is 12.8. The first kappa shape index (κ1) is 25.1. The van der Waals surface area contributed by atoms with E-state index in [4.69, 9.17) is 16.1 Å². The van der Waals surface area contributed by atoms with Crippen LogP contribution in [0.25, 0.3) is 12.2 Å². The Bertz CT molecular complexity index is 1370. The Kier molecular flexibility index (Phi) is 7.39. The van der Waals surface area contributed by atoms with Crippen LogP contribution in [-0.2, 0) is 14.8 Å². The fourth-order valence-electron chi connectivity index (χ4n) is 3.98. The van der Waals surface area contributed by atoms with E-state index in [9.17, 15) is 17.6 Å². The molecule has 1 N–H and O–H groups in total. The molecule has 1 atom stereocenters. The minimum absolute atomic E-state index is 0.00127. The molecule has 1 amide bonds.